The van der Waals surface area contributed by atoms with E-state index in [9.17, 15) is 14.7 Å². The predicted molar refractivity (Wildman–Crippen MR) is 72.6 cm³/mol. The molecule has 114 valence electrons. The lowest BCUT2D eigenvalue weighted by atomic mass is 10.1. The number of carboxylic acids is 1. The van der Waals surface area contributed by atoms with Gasteiger partial charge in [-0.25, -0.2) is 0 Å². The molecule has 0 saturated carbocycles. The number of nitrogens with zero attached hydrogens (tertiary/aromatic N) is 2. The summed E-state index contributed by atoms with van der Waals surface area (Å²) < 4.78 is 0.630. The largest absolute Gasteiger partial charge is 0.544 e. The van der Waals surface area contributed by atoms with Gasteiger partial charge in [-0.2, -0.15) is 0 Å². The van der Waals surface area contributed by atoms with Crippen LogP contribution >= 0.6 is 0 Å². The maximum absolute atomic E-state index is 11.7. The summed E-state index contributed by atoms with van der Waals surface area (Å²) >= 11 is 0. The second kappa shape index (κ2) is 6.54. The highest BCUT2D eigenvalue weighted by molar-refractivity contribution is 5.73. The van der Waals surface area contributed by atoms with Crippen molar-refractivity contribution in [1.82, 2.24) is 10.2 Å². The molecule has 2 fully saturated rings. The second-order valence-electron chi connectivity index (χ2n) is 6.11. The molecule has 1 atom stereocenters. The Morgan fingerprint density at radius 3 is 2.65 bits per heavy atom. The standard InChI is InChI=1S/C14H25N3O3/c1-12(18)16-6-5-15-10-13(16)4-9-17(11-14(19)20)7-2-3-8-17/h13,15H,2-11H2,1H3. The minimum atomic E-state index is -0.961. The number of likely N-dealkylation sites (tertiary alicyclic amines) is 1. The molecule has 1 unspecified atom stereocenters. The fourth-order valence-corrected chi connectivity index (χ4v) is 3.60. The number of quaternary nitrogens is 1. The van der Waals surface area contributed by atoms with Gasteiger partial charge >= 0.3 is 0 Å². The Morgan fingerprint density at radius 1 is 1.35 bits per heavy atom. The summed E-state index contributed by atoms with van der Waals surface area (Å²) in [5, 5.41) is 14.3. The Kier molecular flexibility index (Phi) is 4.99. The third-order valence-electron chi connectivity index (χ3n) is 4.67. The first-order chi connectivity index (χ1) is 9.52. The van der Waals surface area contributed by atoms with Gasteiger partial charge in [0.2, 0.25) is 5.91 Å². The SMILES string of the molecule is CC(=O)N1CCNCC1CC[N+]1(CC(=O)[O-])CCCC1. The summed E-state index contributed by atoms with van der Waals surface area (Å²) in [6.45, 7) is 6.80. The van der Waals surface area contributed by atoms with Gasteiger partial charge in [-0.05, 0) is 0 Å². The maximum Gasteiger partial charge on any atom is 0.219 e. The van der Waals surface area contributed by atoms with Crippen LogP contribution in [-0.4, -0.2) is 73.1 Å². The fraction of sp³-hybridized carbons (Fsp3) is 0.857. The zero-order chi connectivity index (χ0) is 14.6. The number of piperazine rings is 1. The van der Waals surface area contributed by atoms with Gasteiger partial charge in [-0.3, -0.25) is 4.79 Å². The van der Waals surface area contributed by atoms with Crippen molar-refractivity contribution >= 4 is 11.9 Å². The average molecular weight is 283 g/mol. The van der Waals surface area contributed by atoms with E-state index in [0.717, 1.165) is 58.5 Å². The van der Waals surface area contributed by atoms with E-state index in [1.54, 1.807) is 6.92 Å². The molecule has 0 spiro atoms. The molecule has 1 N–H and O–H groups in total. The molecule has 2 saturated heterocycles. The number of hydrogen-bond acceptors (Lipinski definition) is 4. The molecule has 0 radical (unpaired) electrons. The van der Waals surface area contributed by atoms with Gasteiger partial charge in [-0.15, -0.1) is 0 Å². The van der Waals surface area contributed by atoms with Crippen molar-refractivity contribution in [3.8, 4) is 0 Å². The van der Waals surface area contributed by atoms with E-state index in [1.807, 2.05) is 4.90 Å². The van der Waals surface area contributed by atoms with Crippen molar-refractivity contribution in [3.63, 3.8) is 0 Å². The topological polar surface area (TPSA) is 72.5 Å². The smallest absolute Gasteiger partial charge is 0.219 e. The van der Waals surface area contributed by atoms with Crippen molar-refractivity contribution in [2.75, 3.05) is 45.8 Å². The quantitative estimate of drug-likeness (QED) is 0.627. The van der Waals surface area contributed by atoms with Gasteiger partial charge in [-0.1, -0.05) is 0 Å². The van der Waals surface area contributed by atoms with Crippen LogP contribution < -0.4 is 10.4 Å². The summed E-state index contributed by atoms with van der Waals surface area (Å²) in [7, 11) is 0. The van der Waals surface area contributed by atoms with Crippen molar-refractivity contribution in [2.24, 2.45) is 0 Å². The van der Waals surface area contributed by atoms with Gasteiger partial charge in [0.15, 0.2) is 0 Å². The predicted octanol–water partition coefficient (Wildman–Crippen LogP) is -1.44. The molecule has 0 aromatic carbocycles. The first-order valence-electron chi connectivity index (χ1n) is 7.55. The number of aliphatic carboxylic acids is 1. The van der Waals surface area contributed by atoms with Crippen LogP contribution in [-0.2, 0) is 9.59 Å². The van der Waals surface area contributed by atoms with E-state index in [0.29, 0.717) is 4.48 Å². The van der Waals surface area contributed by atoms with E-state index >= 15 is 0 Å². The van der Waals surface area contributed by atoms with Crippen LogP contribution in [0.3, 0.4) is 0 Å². The van der Waals surface area contributed by atoms with Crippen LogP contribution in [0.15, 0.2) is 0 Å². The number of carbonyl (C=O) groups is 2. The van der Waals surface area contributed by atoms with Crippen molar-refractivity contribution in [3.05, 3.63) is 0 Å². The summed E-state index contributed by atoms with van der Waals surface area (Å²) in [5.74, 6) is -0.846. The Hall–Kier alpha value is -1.14. The summed E-state index contributed by atoms with van der Waals surface area (Å²) in [6.07, 6.45) is 3.04. The highest BCUT2D eigenvalue weighted by Crippen LogP contribution is 2.21. The van der Waals surface area contributed by atoms with Crippen LogP contribution in [0.4, 0.5) is 0 Å². The highest BCUT2D eigenvalue weighted by Gasteiger charge is 2.34. The highest BCUT2D eigenvalue weighted by atomic mass is 16.4. The Balaban J connectivity index is 1.94. The average Bonchev–Trinajstić information content (AvgIpc) is 2.84. The molecule has 6 nitrogen and oxygen atoms in total. The molecule has 6 heteroatoms. The Morgan fingerprint density at radius 2 is 2.05 bits per heavy atom. The van der Waals surface area contributed by atoms with Crippen molar-refractivity contribution in [1.29, 1.82) is 0 Å². The third-order valence-corrected chi connectivity index (χ3v) is 4.67. The monoisotopic (exact) mass is 283 g/mol. The lowest BCUT2D eigenvalue weighted by molar-refractivity contribution is -0.911. The van der Waals surface area contributed by atoms with E-state index in [-0.39, 0.29) is 18.5 Å². The molecule has 0 aromatic rings. The summed E-state index contributed by atoms with van der Waals surface area (Å²) in [6, 6.07) is 0.193. The third kappa shape index (κ3) is 3.70. The number of hydrogen-bond donors (Lipinski definition) is 1. The van der Waals surface area contributed by atoms with Crippen LogP contribution in [0.5, 0.6) is 0 Å². The van der Waals surface area contributed by atoms with E-state index in [2.05, 4.69) is 5.32 Å². The number of nitrogens with one attached hydrogen (secondary N) is 1. The van der Waals surface area contributed by atoms with Gasteiger partial charge < -0.3 is 24.6 Å². The zero-order valence-corrected chi connectivity index (χ0v) is 12.3. The molecule has 20 heavy (non-hydrogen) atoms. The van der Waals surface area contributed by atoms with E-state index in [4.69, 9.17) is 0 Å². The maximum atomic E-state index is 11.7. The van der Waals surface area contributed by atoms with Crippen LogP contribution in [0.1, 0.15) is 26.2 Å². The first kappa shape index (κ1) is 15.3. The van der Waals surface area contributed by atoms with Crippen LogP contribution in [0.2, 0.25) is 0 Å². The normalized spacial score (nSPS) is 25.6. The van der Waals surface area contributed by atoms with Gasteiger partial charge in [0.1, 0.15) is 6.54 Å². The molecule has 0 bridgehead atoms. The molecule has 0 aliphatic carbocycles. The molecule has 2 rings (SSSR count). The first-order valence-corrected chi connectivity index (χ1v) is 7.55. The van der Waals surface area contributed by atoms with Gasteiger partial charge in [0.25, 0.3) is 0 Å². The zero-order valence-electron chi connectivity index (χ0n) is 12.3. The van der Waals surface area contributed by atoms with Gasteiger partial charge in [0.05, 0.1) is 25.6 Å². The lowest BCUT2D eigenvalue weighted by Gasteiger charge is -2.40. The number of carbonyl (C=O) groups excluding carboxylic acids is 2. The summed E-state index contributed by atoms with van der Waals surface area (Å²) in [5.41, 5.74) is 0. The fourth-order valence-electron chi connectivity index (χ4n) is 3.60. The molecule has 0 aromatic heterocycles. The van der Waals surface area contributed by atoms with Crippen LogP contribution in [0, 0.1) is 0 Å². The second-order valence-corrected chi connectivity index (χ2v) is 6.11. The van der Waals surface area contributed by atoms with Crippen molar-refractivity contribution < 1.29 is 19.2 Å². The van der Waals surface area contributed by atoms with Gasteiger partial charge in [0, 0.05) is 51.9 Å². The van der Waals surface area contributed by atoms with E-state index < -0.39 is 5.97 Å². The molecular weight excluding hydrogens is 258 g/mol. The molecule has 2 heterocycles. The van der Waals surface area contributed by atoms with Crippen molar-refractivity contribution in [2.45, 2.75) is 32.2 Å². The lowest BCUT2D eigenvalue weighted by Crippen LogP contribution is -2.57. The molecular formula is C14H25N3O3. The number of carboxylic acid groups (broad SMARTS) is 1. The molecule has 2 aliphatic heterocycles. The van der Waals surface area contributed by atoms with Crippen LogP contribution in [0.25, 0.3) is 0 Å². The number of amides is 1. The minimum Gasteiger partial charge on any atom is -0.544 e. The Labute approximate surface area is 120 Å². The molecule has 2 aliphatic rings. The Bertz CT molecular complexity index is 367. The minimum absolute atomic E-state index is 0.111. The van der Waals surface area contributed by atoms with E-state index in [1.165, 1.54) is 0 Å². The molecule has 1 amide bonds. The summed E-state index contributed by atoms with van der Waals surface area (Å²) in [4.78, 5) is 24.6. The number of rotatable bonds is 5.